The Kier molecular flexibility index (Phi) is 3.09. The first-order valence-corrected chi connectivity index (χ1v) is 6.50. The summed E-state index contributed by atoms with van der Waals surface area (Å²) in [4.78, 5) is 24.5. The number of nitrogens with two attached hydrogens (primary N) is 1. The molecule has 0 unspecified atom stereocenters. The summed E-state index contributed by atoms with van der Waals surface area (Å²) in [6.45, 7) is 0.364. The van der Waals surface area contributed by atoms with Crippen LogP contribution < -0.4 is 16.0 Å². The van der Waals surface area contributed by atoms with E-state index < -0.39 is 0 Å². The minimum Gasteiger partial charge on any atom is -0.384 e. The third kappa shape index (κ3) is 2.58. The number of carbonyl (C=O) groups excluding carboxylic acids is 2. The predicted molar refractivity (Wildman–Crippen MR) is 78.4 cm³/mol. The number of piperazine rings is 1. The fourth-order valence-corrected chi connectivity index (χ4v) is 2.29. The number of rotatable bonds is 2. The molecule has 0 saturated carbocycles. The van der Waals surface area contributed by atoms with Crippen molar-refractivity contribution in [2.45, 2.75) is 0 Å². The standard InChI is InChI=1S/C14H15N5O2/c1-18-12(15)6-11(17-18)9-2-4-10(5-3-9)19-7-13(20)16-14(21)8-19/h2-6H,7-8,15H2,1H3,(H,16,20,21). The van der Waals surface area contributed by atoms with Crippen LogP contribution in [0.1, 0.15) is 0 Å². The summed E-state index contributed by atoms with van der Waals surface area (Å²) in [5, 5.41) is 6.59. The van der Waals surface area contributed by atoms with Crippen molar-refractivity contribution in [1.29, 1.82) is 0 Å². The van der Waals surface area contributed by atoms with Gasteiger partial charge < -0.3 is 10.6 Å². The Morgan fingerprint density at radius 1 is 1.14 bits per heavy atom. The molecule has 7 nitrogen and oxygen atoms in total. The number of carbonyl (C=O) groups is 2. The van der Waals surface area contributed by atoms with Gasteiger partial charge >= 0.3 is 0 Å². The summed E-state index contributed by atoms with van der Waals surface area (Å²) in [6, 6.07) is 9.33. The average molecular weight is 285 g/mol. The Morgan fingerprint density at radius 3 is 2.29 bits per heavy atom. The number of anilines is 2. The Balaban J connectivity index is 1.83. The summed E-state index contributed by atoms with van der Waals surface area (Å²) in [6.07, 6.45) is 0. The van der Waals surface area contributed by atoms with Crippen LogP contribution >= 0.6 is 0 Å². The van der Waals surface area contributed by atoms with Gasteiger partial charge in [0.05, 0.1) is 18.8 Å². The molecule has 2 aromatic rings. The number of nitrogens with zero attached hydrogens (tertiary/aromatic N) is 3. The van der Waals surface area contributed by atoms with Gasteiger partial charge in [-0.1, -0.05) is 12.1 Å². The smallest absolute Gasteiger partial charge is 0.246 e. The van der Waals surface area contributed by atoms with Crippen molar-refractivity contribution >= 4 is 23.3 Å². The molecule has 0 aliphatic carbocycles. The van der Waals surface area contributed by atoms with Crippen molar-refractivity contribution in [2.24, 2.45) is 7.05 Å². The number of amides is 2. The zero-order chi connectivity index (χ0) is 15.0. The van der Waals surface area contributed by atoms with Crippen LogP contribution in [0.2, 0.25) is 0 Å². The zero-order valence-corrected chi connectivity index (χ0v) is 11.5. The normalized spacial score (nSPS) is 15.2. The van der Waals surface area contributed by atoms with E-state index in [-0.39, 0.29) is 24.9 Å². The first kappa shape index (κ1) is 13.2. The van der Waals surface area contributed by atoms with Gasteiger partial charge in [-0.25, -0.2) is 0 Å². The Bertz CT molecular complexity index is 669. The highest BCUT2D eigenvalue weighted by atomic mass is 16.2. The number of aromatic nitrogens is 2. The molecule has 1 saturated heterocycles. The second-order valence-electron chi connectivity index (χ2n) is 4.95. The largest absolute Gasteiger partial charge is 0.384 e. The van der Waals surface area contributed by atoms with Gasteiger partial charge in [-0.05, 0) is 12.1 Å². The average Bonchev–Trinajstić information content (AvgIpc) is 2.78. The van der Waals surface area contributed by atoms with Crippen molar-refractivity contribution in [3.8, 4) is 11.3 Å². The topological polar surface area (TPSA) is 93.2 Å². The number of nitrogens with one attached hydrogen (secondary N) is 1. The number of hydrogen-bond donors (Lipinski definition) is 2. The van der Waals surface area contributed by atoms with E-state index in [1.54, 1.807) is 22.7 Å². The van der Waals surface area contributed by atoms with Crippen LogP contribution in [-0.2, 0) is 16.6 Å². The molecule has 0 radical (unpaired) electrons. The van der Waals surface area contributed by atoms with Crippen molar-refractivity contribution in [3.05, 3.63) is 30.3 Å². The summed E-state index contributed by atoms with van der Waals surface area (Å²) < 4.78 is 1.61. The molecule has 1 aliphatic rings. The van der Waals surface area contributed by atoms with E-state index in [4.69, 9.17) is 5.73 Å². The van der Waals surface area contributed by atoms with E-state index in [2.05, 4.69) is 10.4 Å². The molecule has 0 bridgehead atoms. The van der Waals surface area contributed by atoms with Crippen LogP contribution in [0.5, 0.6) is 0 Å². The van der Waals surface area contributed by atoms with Crippen molar-refractivity contribution in [2.75, 3.05) is 23.7 Å². The molecule has 108 valence electrons. The van der Waals surface area contributed by atoms with Gasteiger partial charge in [0.15, 0.2) is 0 Å². The van der Waals surface area contributed by atoms with Gasteiger partial charge in [0.25, 0.3) is 0 Å². The second-order valence-corrected chi connectivity index (χ2v) is 4.95. The SMILES string of the molecule is Cn1nc(-c2ccc(N3CC(=O)NC(=O)C3)cc2)cc1N. The molecule has 2 heterocycles. The molecular formula is C14H15N5O2. The predicted octanol–water partition coefficient (Wildman–Crippen LogP) is 0.132. The molecule has 0 spiro atoms. The number of hydrogen-bond acceptors (Lipinski definition) is 5. The summed E-state index contributed by atoms with van der Waals surface area (Å²) in [5.74, 6) is 0.0213. The molecule has 2 amide bonds. The van der Waals surface area contributed by atoms with Gasteiger partial charge in [-0.15, -0.1) is 0 Å². The molecule has 0 atom stereocenters. The molecule has 3 rings (SSSR count). The van der Waals surface area contributed by atoms with Crippen molar-refractivity contribution in [1.82, 2.24) is 15.1 Å². The molecule has 3 N–H and O–H groups in total. The quantitative estimate of drug-likeness (QED) is 0.765. The zero-order valence-electron chi connectivity index (χ0n) is 11.5. The highest BCUT2D eigenvalue weighted by Gasteiger charge is 2.22. The van der Waals surface area contributed by atoms with Gasteiger partial charge in [0.1, 0.15) is 5.82 Å². The number of aryl methyl sites for hydroxylation is 1. The van der Waals surface area contributed by atoms with E-state index in [0.29, 0.717) is 5.82 Å². The lowest BCUT2D eigenvalue weighted by molar-refractivity contribution is -0.130. The Labute approximate surface area is 121 Å². The van der Waals surface area contributed by atoms with E-state index in [1.165, 1.54) is 0 Å². The molecule has 1 aromatic carbocycles. The molecule has 1 aromatic heterocycles. The van der Waals surface area contributed by atoms with Crippen LogP contribution in [0.4, 0.5) is 11.5 Å². The summed E-state index contributed by atoms with van der Waals surface area (Å²) >= 11 is 0. The van der Waals surface area contributed by atoms with Gasteiger partial charge in [-0.3, -0.25) is 19.6 Å². The van der Waals surface area contributed by atoms with Crippen LogP contribution in [0.25, 0.3) is 11.3 Å². The first-order valence-electron chi connectivity index (χ1n) is 6.50. The van der Waals surface area contributed by atoms with Gasteiger partial charge in [-0.2, -0.15) is 5.10 Å². The van der Waals surface area contributed by atoms with E-state index in [0.717, 1.165) is 16.9 Å². The maximum Gasteiger partial charge on any atom is 0.246 e. The molecular weight excluding hydrogens is 270 g/mol. The Morgan fingerprint density at radius 2 is 1.76 bits per heavy atom. The van der Waals surface area contributed by atoms with Crippen LogP contribution in [0.15, 0.2) is 30.3 Å². The summed E-state index contributed by atoms with van der Waals surface area (Å²) in [5.41, 5.74) is 8.31. The third-order valence-electron chi connectivity index (χ3n) is 3.39. The monoisotopic (exact) mass is 285 g/mol. The van der Waals surface area contributed by atoms with Crippen molar-refractivity contribution in [3.63, 3.8) is 0 Å². The molecule has 1 aliphatic heterocycles. The fraction of sp³-hybridized carbons (Fsp3) is 0.214. The maximum absolute atomic E-state index is 11.4. The third-order valence-corrected chi connectivity index (χ3v) is 3.39. The number of imide groups is 1. The van der Waals surface area contributed by atoms with Crippen LogP contribution in [0, 0.1) is 0 Å². The van der Waals surface area contributed by atoms with Crippen molar-refractivity contribution < 1.29 is 9.59 Å². The van der Waals surface area contributed by atoms with Crippen LogP contribution in [-0.4, -0.2) is 34.7 Å². The fourth-order valence-electron chi connectivity index (χ4n) is 2.29. The number of benzene rings is 1. The van der Waals surface area contributed by atoms with Gasteiger partial charge in [0, 0.05) is 24.4 Å². The second kappa shape index (κ2) is 4.93. The van der Waals surface area contributed by atoms with Gasteiger partial charge in [0.2, 0.25) is 11.8 Å². The first-order chi connectivity index (χ1) is 10.0. The minimum atomic E-state index is -0.284. The molecule has 1 fully saturated rings. The lowest BCUT2D eigenvalue weighted by atomic mass is 10.1. The lowest BCUT2D eigenvalue weighted by Crippen LogP contribution is -2.51. The minimum absolute atomic E-state index is 0.182. The molecule has 7 heteroatoms. The highest BCUT2D eigenvalue weighted by Crippen LogP contribution is 2.23. The Hall–Kier alpha value is -2.83. The number of nitrogen functional groups attached to an aromatic ring is 1. The van der Waals surface area contributed by atoms with E-state index in [1.807, 2.05) is 24.3 Å². The molecule has 21 heavy (non-hydrogen) atoms. The van der Waals surface area contributed by atoms with Crippen LogP contribution in [0.3, 0.4) is 0 Å². The lowest BCUT2D eigenvalue weighted by Gasteiger charge is -2.27. The van der Waals surface area contributed by atoms with E-state index in [9.17, 15) is 9.59 Å². The maximum atomic E-state index is 11.4. The summed E-state index contributed by atoms with van der Waals surface area (Å²) in [7, 11) is 1.78. The van der Waals surface area contributed by atoms with E-state index >= 15 is 0 Å². The highest BCUT2D eigenvalue weighted by molar-refractivity contribution is 6.02.